The van der Waals surface area contributed by atoms with E-state index in [2.05, 4.69) is 15.0 Å². The maximum Gasteiger partial charge on any atom is 0.247 e. The van der Waals surface area contributed by atoms with Crippen molar-refractivity contribution in [3.05, 3.63) is 119 Å². The Morgan fingerprint density at radius 2 is 1.49 bits per heavy atom. The molecule has 4 atom stereocenters. The van der Waals surface area contributed by atoms with Crippen LogP contribution in [-0.4, -0.2) is 50.5 Å². The van der Waals surface area contributed by atoms with Gasteiger partial charge >= 0.3 is 0 Å². The first-order valence-electron chi connectivity index (χ1n) is 14.3. The third-order valence-corrected chi connectivity index (χ3v) is 8.04. The van der Waals surface area contributed by atoms with Gasteiger partial charge < -0.3 is 23.7 Å². The van der Waals surface area contributed by atoms with E-state index in [0.717, 1.165) is 16.7 Å². The average molecular weight is 599 g/mol. The second kappa shape index (κ2) is 12.4. The van der Waals surface area contributed by atoms with Crippen LogP contribution in [0.5, 0.6) is 5.88 Å². The zero-order valence-corrected chi connectivity index (χ0v) is 24.2. The fraction of sp³-hybridized carbons (Fsp3) is 0.303. The fourth-order valence-corrected chi connectivity index (χ4v) is 5.92. The van der Waals surface area contributed by atoms with E-state index in [4.69, 9.17) is 35.3 Å². The lowest BCUT2D eigenvalue weighted by Crippen LogP contribution is -2.53. The molecule has 2 aliphatic heterocycles. The second-order valence-corrected chi connectivity index (χ2v) is 11.1. The minimum atomic E-state index is -0.739. The first kappa shape index (κ1) is 27.9. The standard InChI is InChI=1S/C33H31ClN4O5/c34-32-36-29-26(30(37-32)42-20-25-14-8-3-9-15-25)35-22-38(29)31-27-28(41-19-24-12-6-2-7-13-24)33(43-31,16-17-40-27)21-39-18-23-10-4-1-5-11-23/h1-15,22,27-28,31H,16-21H2/t27-,28+,31-,33-/m1/s1. The van der Waals surface area contributed by atoms with Gasteiger partial charge in [-0.3, -0.25) is 4.57 Å². The quantitative estimate of drug-likeness (QED) is 0.173. The third kappa shape index (κ3) is 5.87. The summed E-state index contributed by atoms with van der Waals surface area (Å²) in [6.45, 7) is 2.05. The number of fused-ring (bicyclic) bond motifs is 3. The number of rotatable bonds is 11. The lowest BCUT2D eigenvalue weighted by atomic mass is 9.90. The van der Waals surface area contributed by atoms with Crippen molar-refractivity contribution in [2.45, 2.75) is 50.3 Å². The van der Waals surface area contributed by atoms with Crippen molar-refractivity contribution in [2.24, 2.45) is 0 Å². The molecule has 0 amide bonds. The highest BCUT2D eigenvalue weighted by atomic mass is 35.5. The van der Waals surface area contributed by atoms with Crippen LogP contribution >= 0.6 is 11.6 Å². The number of ether oxygens (including phenoxy) is 5. The smallest absolute Gasteiger partial charge is 0.247 e. The number of benzene rings is 3. The van der Waals surface area contributed by atoms with Gasteiger partial charge in [0.2, 0.25) is 11.2 Å². The van der Waals surface area contributed by atoms with Gasteiger partial charge in [0, 0.05) is 6.42 Å². The van der Waals surface area contributed by atoms with Crippen LogP contribution in [0.1, 0.15) is 29.3 Å². The molecule has 9 nitrogen and oxygen atoms in total. The van der Waals surface area contributed by atoms with Crippen LogP contribution in [0, 0.1) is 0 Å². The number of hydrogen-bond donors (Lipinski definition) is 0. The second-order valence-electron chi connectivity index (χ2n) is 10.8. The first-order valence-corrected chi connectivity index (χ1v) is 14.7. The summed E-state index contributed by atoms with van der Waals surface area (Å²) in [5.41, 5.74) is 3.40. The number of aromatic nitrogens is 4. The molecule has 0 unspecified atom stereocenters. The fourth-order valence-electron chi connectivity index (χ4n) is 5.77. The molecule has 2 aromatic heterocycles. The van der Waals surface area contributed by atoms with Crippen molar-refractivity contribution < 1.29 is 23.7 Å². The lowest BCUT2D eigenvalue weighted by Gasteiger charge is -2.38. The van der Waals surface area contributed by atoms with Gasteiger partial charge in [0.25, 0.3) is 0 Å². The van der Waals surface area contributed by atoms with Crippen LogP contribution < -0.4 is 4.74 Å². The minimum absolute atomic E-state index is 0.0528. The SMILES string of the molecule is Clc1nc(OCc2ccccc2)c2ncn([C@@H]3O[C@@]4(COCc5ccccc5)CCO[C@@H]3[C@@H]4OCc3ccccc3)c2n1. The molecule has 0 aliphatic carbocycles. The van der Waals surface area contributed by atoms with E-state index < -0.39 is 24.0 Å². The van der Waals surface area contributed by atoms with Crippen molar-refractivity contribution >= 4 is 22.8 Å². The normalized spacial score (nSPS) is 23.0. The summed E-state index contributed by atoms with van der Waals surface area (Å²) >= 11 is 6.39. The molecule has 5 aromatic rings. The molecule has 0 N–H and O–H groups in total. The summed E-state index contributed by atoms with van der Waals surface area (Å²) in [5, 5.41) is 0.0528. The summed E-state index contributed by atoms with van der Waals surface area (Å²) < 4.78 is 34.0. The molecule has 0 radical (unpaired) electrons. The van der Waals surface area contributed by atoms with Gasteiger partial charge in [-0.15, -0.1) is 0 Å². The Labute approximate surface area is 254 Å². The Morgan fingerprint density at radius 3 is 2.19 bits per heavy atom. The molecule has 0 saturated carbocycles. The Hall–Kier alpha value is -3.86. The van der Waals surface area contributed by atoms with E-state index in [1.165, 1.54) is 0 Å². The molecule has 3 aromatic carbocycles. The highest BCUT2D eigenvalue weighted by Gasteiger charge is 2.60. The van der Waals surface area contributed by atoms with Crippen LogP contribution in [0.2, 0.25) is 5.28 Å². The zero-order valence-electron chi connectivity index (χ0n) is 23.4. The van der Waals surface area contributed by atoms with Crippen LogP contribution in [0.3, 0.4) is 0 Å². The first-order chi connectivity index (χ1) is 21.2. The number of imidazole rings is 1. The van der Waals surface area contributed by atoms with Gasteiger partial charge in [-0.05, 0) is 28.3 Å². The summed E-state index contributed by atoms with van der Waals surface area (Å²) in [6.07, 6.45) is 0.874. The Balaban J connectivity index is 1.18. The van der Waals surface area contributed by atoms with Gasteiger partial charge in [0.05, 0.1) is 32.8 Å². The molecule has 43 heavy (non-hydrogen) atoms. The summed E-state index contributed by atoms with van der Waals surface area (Å²) in [7, 11) is 0. The predicted molar refractivity (Wildman–Crippen MR) is 159 cm³/mol. The molecule has 2 bridgehead atoms. The van der Waals surface area contributed by atoms with Gasteiger partial charge in [-0.25, -0.2) is 4.98 Å². The summed E-state index contributed by atoms with van der Waals surface area (Å²) in [6, 6.07) is 30.0. The van der Waals surface area contributed by atoms with Crippen molar-refractivity contribution in [2.75, 3.05) is 13.2 Å². The molecular weight excluding hydrogens is 568 g/mol. The molecule has 220 valence electrons. The van der Waals surface area contributed by atoms with E-state index in [9.17, 15) is 0 Å². The molecule has 0 spiro atoms. The van der Waals surface area contributed by atoms with E-state index in [1.54, 1.807) is 6.33 Å². The highest BCUT2D eigenvalue weighted by molar-refractivity contribution is 6.28. The maximum atomic E-state index is 6.88. The van der Waals surface area contributed by atoms with Crippen molar-refractivity contribution in [1.29, 1.82) is 0 Å². The minimum Gasteiger partial charge on any atom is -0.471 e. The average Bonchev–Trinajstić information content (AvgIpc) is 3.53. The third-order valence-electron chi connectivity index (χ3n) is 7.87. The Bertz CT molecular complexity index is 1660. The Morgan fingerprint density at radius 1 is 0.837 bits per heavy atom. The zero-order chi connectivity index (χ0) is 29.1. The lowest BCUT2D eigenvalue weighted by molar-refractivity contribution is -0.178. The molecule has 4 heterocycles. The van der Waals surface area contributed by atoms with Crippen molar-refractivity contribution in [1.82, 2.24) is 19.5 Å². The molecule has 2 aliphatic rings. The molecular formula is C33H31ClN4O5. The van der Waals surface area contributed by atoms with E-state index in [1.807, 2.05) is 95.6 Å². The van der Waals surface area contributed by atoms with E-state index >= 15 is 0 Å². The largest absolute Gasteiger partial charge is 0.471 e. The monoisotopic (exact) mass is 598 g/mol. The van der Waals surface area contributed by atoms with E-state index in [0.29, 0.717) is 56.5 Å². The van der Waals surface area contributed by atoms with Gasteiger partial charge in [0.1, 0.15) is 24.4 Å². The summed E-state index contributed by atoms with van der Waals surface area (Å²) in [5.74, 6) is 0.303. The van der Waals surface area contributed by atoms with Crippen LogP contribution in [0.15, 0.2) is 97.3 Å². The molecule has 2 fully saturated rings. The van der Waals surface area contributed by atoms with Gasteiger partial charge in [0.15, 0.2) is 17.4 Å². The van der Waals surface area contributed by atoms with Crippen molar-refractivity contribution in [3.63, 3.8) is 0 Å². The topological polar surface area (TPSA) is 89.8 Å². The van der Waals surface area contributed by atoms with Crippen LogP contribution in [-0.2, 0) is 38.8 Å². The van der Waals surface area contributed by atoms with E-state index in [-0.39, 0.29) is 5.28 Å². The van der Waals surface area contributed by atoms with Gasteiger partial charge in [-0.2, -0.15) is 9.97 Å². The molecule has 10 heteroatoms. The molecule has 7 rings (SSSR count). The number of nitrogens with zero attached hydrogens (tertiary/aromatic N) is 4. The molecule has 2 saturated heterocycles. The van der Waals surface area contributed by atoms with Crippen LogP contribution in [0.25, 0.3) is 11.2 Å². The number of hydrogen-bond acceptors (Lipinski definition) is 8. The predicted octanol–water partition coefficient (Wildman–Crippen LogP) is 5.92. The summed E-state index contributed by atoms with van der Waals surface area (Å²) in [4.78, 5) is 13.5. The number of halogens is 1. The Kier molecular flexibility index (Phi) is 8.06. The van der Waals surface area contributed by atoms with Crippen molar-refractivity contribution in [3.8, 4) is 5.88 Å². The highest BCUT2D eigenvalue weighted by Crippen LogP contribution is 2.47. The maximum absolute atomic E-state index is 6.88. The van der Waals surface area contributed by atoms with Gasteiger partial charge in [-0.1, -0.05) is 91.0 Å². The van der Waals surface area contributed by atoms with Crippen LogP contribution in [0.4, 0.5) is 0 Å².